The monoisotopic (exact) mass is 426 g/mol. The maximum Gasteiger partial charge on any atom is 0.336 e. The molecule has 0 aliphatic carbocycles. The van der Waals surface area contributed by atoms with E-state index in [0.29, 0.717) is 36.1 Å². The Morgan fingerprint density at radius 2 is 1.68 bits per heavy atom. The Hall–Kier alpha value is -3.12. The fraction of sp³-hybridized carbons (Fsp3) is 0.360. The van der Waals surface area contributed by atoms with E-state index in [9.17, 15) is 24.9 Å². The van der Waals surface area contributed by atoms with E-state index >= 15 is 0 Å². The van der Waals surface area contributed by atoms with Crippen molar-refractivity contribution in [3.8, 4) is 5.75 Å². The van der Waals surface area contributed by atoms with Crippen molar-refractivity contribution in [1.29, 1.82) is 0 Å². The highest BCUT2D eigenvalue weighted by molar-refractivity contribution is 6.03. The molecule has 0 aromatic heterocycles. The highest BCUT2D eigenvalue weighted by Gasteiger charge is 2.25. The number of aliphatic hydroxyl groups is 1. The highest BCUT2D eigenvalue weighted by Crippen LogP contribution is 2.30. The van der Waals surface area contributed by atoms with Crippen molar-refractivity contribution in [1.82, 2.24) is 0 Å². The SMILES string of the molecule is CCC(O)(C=CCC(C)c1ccc(C(=O)O)c(C(=O)O)c1COc1ccccc1)CC. The molecule has 31 heavy (non-hydrogen) atoms. The number of benzene rings is 2. The van der Waals surface area contributed by atoms with Crippen molar-refractivity contribution < 1.29 is 29.6 Å². The lowest BCUT2D eigenvalue weighted by Gasteiger charge is -2.22. The number of hydrogen-bond acceptors (Lipinski definition) is 4. The van der Waals surface area contributed by atoms with Crippen LogP contribution in [0.15, 0.2) is 54.6 Å². The lowest BCUT2D eigenvalue weighted by Crippen LogP contribution is -2.23. The van der Waals surface area contributed by atoms with Crippen LogP contribution in [0.3, 0.4) is 0 Å². The van der Waals surface area contributed by atoms with E-state index in [0.717, 1.165) is 0 Å². The van der Waals surface area contributed by atoms with Gasteiger partial charge in [0.1, 0.15) is 12.4 Å². The van der Waals surface area contributed by atoms with Crippen LogP contribution in [-0.2, 0) is 6.61 Å². The second-order valence-corrected chi connectivity index (χ2v) is 7.62. The molecule has 6 heteroatoms. The Labute approximate surface area is 182 Å². The van der Waals surface area contributed by atoms with Crippen molar-refractivity contribution in [2.24, 2.45) is 0 Å². The van der Waals surface area contributed by atoms with E-state index < -0.39 is 17.5 Å². The Bertz CT molecular complexity index is 929. The van der Waals surface area contributed by atoms with Gasteiger partial charge in [0.2, 0.25) is 0 Å². The first-order valence-electron chi connectivity index (χ1n) is 10.4. The van der Waals surface area contributed by atoms with E-state index in [1.54, 1.807) is 36.4 Å². The smallest absolute Gasteiger partial charge is 0.336 e. The van der Waals surface area contributed by atoms with Gasteiger partial charge in [0.25, 0.3) is 0 Å². The fourth-order valence-electron chi connectivity index (χ4n) is 3.48. The number of carboxylic acids is 2. The molecule has 0 bridgehead atoms. The number of aromatic carboxylic acids is 2. The van der Waals surface area contributed by atoms with Gasteiger partial charge in [-0.2, -0.15) is 0 Å². The van der Waals surface area contributed by atoms with E-state index in [-0.39, 0.29) is 23.7 Å². The summed E-state index contributed by atoms with van der Waals surface area (Å²) >= 11 is 0. The molecule has 6 nitrogen and oxygen atoms in total. The van der Waals surface area contributed by atoms with Crippen LogP contribution in [0.1, 0.15) is 77.8 Å². The van der Waals surface area contributed by atoms with Crippen LogP contribution in [0.2, 0.25) is 0 Å². The minimum Gasteiger partial charge on any atom is -0.489 e. The van der Waals surface area contributed by atoms with Gasteiger partial charge < -0.3 is 20.1 Å². The summed E-state index contributed by atoms with van der Waals surface area (Å²) in [6.07, 6.45) is 5.44. The number of allylic oxidation sites excluding steroid dienone is 1. The van der Waals surface area contributed by atoms with Gasteiger partial charge in [-0.05, 0) is 48.9 Å². The quantitative estimate of drug-likeness (QED) is 0.423. The van der Waals surface area contributed by atoms with Gasteiger partial charge in [0.15, 0.2) is 0 Å². The zero-order chi connectivity index (χ0) is 23.0. The summed E-state index contributed by atoms with van der Waals surface area (Å²) in [5.74, 6) is -2.15. The average Bonchev–Trinajstić information content (AvgIpc) is 2.77. The van der Waals surface area contributed by atoms with E-state index in [4.69, 9.17) is 4.74 Å². The van der Waals surface area contributed by atoms with Crippen LogP contribution in [-0.4, -0.2) is 32.9 Å². The van der Waals surface area contributed by atoms with Crippen molar-refractivity contribution in [2.45, 2.75) is 58.2 Å². The van der Waals surface area contributed by atoms with Crippen LogP contribution >= 0.6 is 0 Å². The van der Waals surface area contributed by atoms with Gasteiger partial charge in [-0.15, -0.1) is 0 Å². The molecule has 2 aromatic carbocycles. The molecule has 1 atom stereocenters. The molecule has 0 saturated carbocycles. The zero-order valence-electron chi connectivity index (χ0n) is 18.2. The summed E-state index contributed by atoms with van der Waals surface area (Å²) in [4.78, 5) is 23.6. The van der Waals surface area contributed by atoms with E-state index in [2.05, 4.69) is 0 Å². The third-order valence-electron chi connectivity index (χ3n) is 5.59. The molecule has 166 valence electrons. The van der Waals surface area contributed by atoms with Crippen molar-refractivity contribution in [3.63, 3.8) is 0 Å². The maximum atomic E-state index is 12.0. The molecule has 0 saturated heterocycles. The maximum absolute atomic E-state index is 12.0. The number of carbonyl (C=O) groups is 2. The van der Waals surface area contributed by atoms with Crippen LogP contribution in [0, 0.1) is 0 Å². The molecule has 0 radical (unpaired) electrons. The second-order valence-electron chi connectivity index (χ2n) is 7.62. The second kappa shape index (κ2) is 10.8. The first kappa shape index (κ1) is 24.2. The Kier molecular flexibility index (Phi) is 8.39. The molecule has 3 N–H and O–H groups in total. The Balaban J connectivity index is 2.42. The summed E-state index contributed by atoms with van der Waals surface area (Å²) in [5.41, 5.74) is -0.330. The lowest BCUT2D eigenvalue weighted by molar-refractivity contribution is 0.0649. The van der Waals surface area contributed by atoms with Crippen LogP contribution in [0.4, 0.5) is 0 Å². The van der Waals surface area contributed by atoms with Gasteiger partial charge >= 0.3 is 11.9 Å². The molecule has 0 fully saturated rings. The minimum atomic E-state index is -1.31. The normalized spacial score (nSPS) is 12.6. The third kappa shape index (κ3) is 6.18. The van der Waals surface area contributed by atoms with Crippen molar-refractivity contribution >= 4 is 11.9 Å². The van der Waals surface area contributed by atoms with Crippen LogP contribution < -0.4 is 4.74 Å². The largest absolute Gasteiger partial charge is 0.489 e. The molecule has 1 unspecified atom stereocenters. The molecule has 0 aliphatic rings. The molecule has 0 spiro atoms. The minimum absolute atomic E-state index is 0.0655. The number of hydrogen-bond donors (Lipinski definition) is 3. The van der Waals surface area contributed by atoms with Crippen molar-refractivity contribution in [2.75, 3.05) is 0 Å². The number of carboxylic acid groups (broad SMARTS) is 2. The predicted molar refractivity (Wildman–Crippen MR) is 119 cm³/mol. The van der Waals surface area contributed by atoms with Gasteiger partial charge in [-0.25, -0.2) is 9.59 Å². The summed E-state index contributed by atoms with van der Waals surface area (Å²) < 4.78 is 5.79. The van der Waals surface area contributed by atoms with E-state index in [1.165, 1.54) is 6.07 Å². The number of rotatable bonds is 11. The first-order chi connectivity index (χ1) is 14.7. The predicted octanol–water partition coefficient (Wildman–Crippen LogP) is 5.26. The summed E-state index contributed by atoms with van der Waals surface area (Å²) in [5, 5.41) is 29.7. The van der Waals surface area contributed by atoms with Gasteiger partial charge in [0, 0.05) is 5.56 Å². The summed E-state index contributed by atoms with van der Waals surface area (Å²) in [6.45, 7) is 5.71. The average molecular weight is 427 g/mol. The topological polar surface area (TPSA) is 104 Å². The van der Waals surface area contributed by atoms with Crippen molar-refractivity contribution in [3.05, 3.63) is 76.9 Å². The number of para-hydroxylation sites is 1. The Morgan fingerprint density at radius 3 is 2.23 bits per heavy atom. The molecule has 0 aliphatic heterocycles. The van der Waals surface area contributed by atoms with Gasteiger partial charge in [0.05, 0.1) is 16.7 Å². The molecule has 2 rings (SSSR count). The van der Waals surface area contributed by atoms with Crippen LogP contribution in [0.25, 0.3) is 0 Å². The molecule has 0 heterocycles. The van der Waals surface area contributed by atoms with E-state index in [1.807, 2.05) is 32.9 Å². The standard InChI is InChI=1S/C25H30O6/c1-4-25(30,5-2)15-9-10-17(3)19-13-14-20(23(26)27)22(24(28)29)21(19)16-31-18-11-7-6-8-12-18/h6-9,11-15,17,30H,4-5,10,16H2,1-3H3,(H,26,27)(H,28,29). The third-order valence-corrected chi connectivity index (χ3v) is 5.59. The number of ether oxygens (including phenoxy) is 1. The lowest BCUT2D eigenvalue weighted by atomic mass is 9.87. The summed E-state index contributed by atoms with van der Waals surface area (Å²) in [6, 6.07) is 11.9. The van der Waals surface area contributed by atoms with Gasteiger partial charge in [-0.1, -0.05) is 57.2 Å². The molecular formula is C25H30O6. The summed E-state index contributed by atoms with van der Waals surface area (Å²) in [7, 11) is 0. The Morgan fingerprint density at radius 1 is 1.03 bits per heavy atom. The van der Waals surface area contributed by atoms with Crippen LogP contribution in [0.5, 0.6) is 5.75 Å². The first-order valence-corrected chi connectivity index (χ1v) is 10.4. The zero-order valence-corrected chi connectivity index (χ0v) is 18.2. The fourth-order valence-corrected chi connectivity index (χ4v) is 3.48. The molecular weight excluding hydrogens is 396 g/mol. The highest BCUT2D eigenvalue weighted by atomic mass is 16.5. The van der Waals surface area contributed by atoms with Gasteiger partial charge in [-0.3, -0.25) is 0 Å². The molecule has 2 aromatic rings. The molecule has 0 amide bonds.